The van der Waals surface area contributed by atoms with Crippen molar-refractivity contribution in [3.05, 3.63) is 34.8 Å². The number of nitrogens with one attached hydrogen (secondary N) is 1. The van der Waals surface area contributed by atoms with Crippen molar-refractivity contribution in [1.82, 2.24) is 24.8 Å². The molecule has 1 aliphatic heterocycles. The number of piperidine rings is 1. The van der Waals surface area contributed by atoms with Gasteiger partial charge in [0.2, 0.25) is 0 Å². The number of hydrogen-bond acceptors (Lipinski definition) is 4. The maximum Gasteiger partial charge on any atom is 0.193 e. The molecule has 2 unspecified atom stereocenters. The molecule has 136 valence electrons. The first kappa shape index (κ1) is 17.9. The van der Waals surface area contributed by atoms with E-state index in [1.54, 1.807) is 11.3 Å². The van der Waals surface area contributed by atoms with Gasteiger partial charge in [0.05, 0.1) is 17.4 Å². The zero-order valence-corrected chi connectivity index (χ0v) is 16.2. The summed E-state index contributed by atoms with van der Waals surface area (Å²) >= 11 is 1.76. The van der Waals surface area contributed by atoms with Crippen molar-refractivity contribution in [2.75, 3.05) is 26.2 Å². The Labute approximate surface area is 154 Å². The van der Waals surface area contributed by atoms with Crippen molar-refractivity contribution in [1.29, 1.82) is 0 Å². The van der Waals surface area contributed by atoms with Gasteiger partial charge in [0, 0.05) is 56.1 Å². The standard InChI is InChI=1S/C18H28N6S/c1-4-20-18(21-7-5-17-22-11-15(3)25-17)23-9-6-14(2)16(12-23)24-10-8-19-13-24/h8,10-11,13-14,16H,4-7,9,12H2,1-3H3,(H,20,21). The first-order chi connectivity index (χ1) is 12.2. The van der Waals surface area contributed by atoms with E-state index in [1.165, 1.54) is 16.3 Å². The number of nitrogens with zero attached hydrogens (tertiary/aromatic N) is 5. The van der Waals surface area contributed by atoms with Crippen molar-refractivity contribution in [3.8, 4) is 0 Å². The van der Waals surface area contributed by atoms with E-state index in [-0.39, 0.29) is 0 Å². The fourth-order valence-corrected chi connectivity index (χ4v) is 4.07. The Morgan fingerprint density at radius 2 is 2.36 bits per heavy atom. The molecule has 2 atom stereocenters. The van der Waals surface area contributed by atoms with Crippen LogP contribution < -0.4 is 5.32 Å². The summed E-state index contributed by atoms with van der Waals surface area (Å²) in [5.74, 6) is 1.67. The molecule has 3 heterocycles. The quantitative estimate of drug-likeness (QED) is 0.658. The molecule has 0 bridgehead atoms. The highest BCUT2D eigenvalue weighted by atomic mass is 32.1. The summed E-state index contributed by atoms with van der Waals surface area (Å²) in [7, 11) is 0. The van der Waals surface area contributed by atoms with Gasteiger partial charge in [-0.3, -0.25) is 4.99 Å². The van der Waals surface area contributed by atoms with Crippen LogP contribution in [0.15, 0.2) is 29.9 Å². The molecule has 7 heteroatoms. The van der Waals surface area contributed by atoms with E-state index in [0.717, 1.165) is 38.6 Å². The fraction of sp³-hybridized carbons (Fsp3) is 0.611. The summed E-state index contributed by atoms with van der Waals surface area (Å²) in [6.07, 6.45) is 9.87. The number of hydrogen-bond donors (Lipinski definition) is 1. The van der Waals surface area contributed by atoms with Crippen LogP contribution in [-0.2, 0) is 6.42 Å². The lowest BCUT2D eigenvalue weighted by Gasteiger charge is -2.39. The highest BCUT2D eigenvalue weighted by Gasteiger charge is 2.28. The highest BCUT2D eigenvalue weighted by molar-refractivity contribution is 7.11. The molecule has 1 saturated heterocycles. The predicted octanol–water partition coefficient (Wildman–Crippen LogP) is 2.74. The molecule has 2 aromatic rings. The molecule has 0 aliphatic carbocycles. The van der Waals surface area contributed by atoms with Crippen LogP contribution in [0, 0.1) is 12.8 Å². The molecule has 3 rings (SSSR count). The minimum absolute atomic E-state index is 0.446. The van der Waals surface area contributed by atoms with Crippen LogP contribution in [0.25, 0.3) is 0 Å². The number of guanidine groups is 1. The SMILES string of the molecule is CCNC(=NCCc1ncc(C)s1)N1CCC(C)C(n2ccnc2)C1. The molecule has 0 saturated carbocycles. The van der Waals surface area contributed by atoms with Gasteiger partial charge in [0.15, 0.2) is 5.96 Å². The topological polar surface area (TPSA) is 58.3 Å². The Bertz CT molecular complexity index is 678. The van der Waals surface area contributed by atoms with E-state index in [4.69, 9.17) is 4.99 Å². The fourth-order valence-electron chi connectivity index (χ4n) is 3.30. The molecule has 0 amide bonds. The van der Waals surface area contributed by atoms with E-state index in [9.17, 15) is 0 Å². The second-order valence-electron chi connectivity index (χ2n) is 6.64. The van der Waals surface area contributed by atoms with Crippen molar-refractivity contribution in [3.63, 3.8) is 0 Å². The summed E-state index contributed by atoms with van der Waals surface area (Å²) < 4.78 is 2.23. The molecule has 25 heavy (non-hydrogen) atoms. The summed E-state index contributed by atoms with van der Waals surface area (Å²) in [4.78, 5) is 17.2. The third kappa shape index (κ3) is 4.60. The molecular weight excluding hydrogens is 332 g/mol. The van der Waals surface area contributed by atoms with Gasteiger partial charge in [0.25, 0.3) is 0 Å². The normalized spacial score (nSPS) is 21.6. The molecule has 6 nitrogen and oxygen atoms in total. The van der Waals surface area contributed by atoms with Gasteiger partial charge in [-0.1, -0.05) is 6.92 Å². The van der Waals surface area contributed by atoms with Crippen LogP contribution in [0.2, 0.25) is 0 Å². The number of imidazole rings is 1. The zero-order chi connectivity index (χ0) is 17.6. The van der Waals surface area contributed by atoms with Gasteiger partial charge in [-0.15, -0.1) is 11.3 Å². The van der Waals surface area contributed by atoms with Crippen LogP contribution in [0.1, 0.15) is 36.2 Å². The first-order valence-corrected chi connectivity index (χ1v) is 9.91. The van der Waals surface area contributed by atoms with Crippen LogP contribution in [0.5, 0.6) is 0 Å². The van der Waals surface area contributed by atoms with Gasteiger partial charge in [0.1, 0.15) is 0 Å². The number of likely N-dealkylation sites (tertiary alicyclic amines) is 1. The van der Waals surface area contributed by atoms with E-state index in [0.29, 0.717) is 12.0 Å². The minimum Gasteiger partial charge on any atom is -0.357 e. The summed E-state index contributed by atoms with van der Waals surface area (Å²) in [6.45, 7) is 10.2. The van der Waals surface area contributed by atoms with Crippen molar-refractivity contribution in [2.24, 2.45) is 10.9 Å². The molecule has 0 radical (unpaired) electrons. The van der Waals surface area contributed by atoms with Crippen LogP contribution in [-0.4, -0.2) is 51.6 Å². The lowest BCUT2D eigenvalue weighted by Crippen LogP contribution is -2.49. The van der Waals surface area contributed by atoms with Crippen molar-refractivity contribution >= 4 is 17.3 Å². The zero-order valence-electron chi connectivity index (χ0n) is 15.4. The number of aromatic nitrogens is 3. The highest BCUT2D eigenvalue weighted by Crippen LogP contribution is 2.27. The third-order valence-corrected chi connectivity index (χ3v) is 5.69. The van der Waals surface area contributed by atoms with E-state index in [1.807, 2.05) is 18.7 Å². The second kappa shape index (κ2) is 8.47. The van der Waals surface area contributed by atoms with Crippen molar-refractivity contribution < 1.29 is 0 Å². The lowest BCUT2D eigenvalue weighted by molar-refractivity contribution is 0.189. The monoisotopic (exact) mass is 360 g/mol. The predicted molar refractivity (Wildman–Crippen MR) is 103 cm³/mol. The van der Waals surface area contributed by atoms with Gasteiger partial charge in [-0.2, -0.15) is 0 Å². The molecule has 2 aromatic heterocycles. The Hall–Kier alpha value is -1.89. The maximum atomic E-state index is 4.86. The molecule has 0 spiro atoms. The number of aryl methyl sites for hydroxylation is 1. The van der Waals surface area contributed by atoms with Crippen LogP contribution in [0.3, 0.4) is 0 Å². The van der Waals surface area contributed by atoms with Crippen LogP contribution >= 0.6 is 11.3 Å². The summed E-state index contributed by atoms with van der Waals surface area (Å²) in [5, 5.41) is 4.63. The second-order valence-corrected chi connectivity index (χ2v) is 7.96. The average Bonchev–Trinajstić information content (AvgIpc) is 3.26. The maximum absolute atomic E-state index is 4.86. The molecule has 0 aromatic carbocycles. The summed E-state index contributed by atoms with van der Waals surface area (Å²) in [5.41, 5.74) is 0. The average molecular weight is 361 g/mol. The van der Waals surface area contributed by atoms with E-state index >= 15 is 0 Å². The number of thiazole rings is 1. The van der Waals surface area contributed by atoms with Gasteiger partial charge in [-0.25, -0.2) is 9.97 Å². The van der Waals surface area contributed by atoms with E-state index in [2.05, 4.69) is 51.7 Å². The number of aliphatic imine (C=N–C) groups is 1. The molecule has 1 fully saturated rings. The molecule has 1 aliphatic rings. The first-order valence-electron chi connectivity index (χ1n) is 9.09. The van der Waals surface area contributed by atoms with E-state index < -0.39 is 0 Å². The Morgan fingerprint density at radius 3 is 3.04 bits per heavy atom. The molecule has 1 N–H and O–H groups in total. The Kier molecular flexibility index (Phi) is 6.07. The Balaban J connectivity index is 1.65. The lowest BCUT2D eigenvalue weighted by atomic mass is 9.93. The molecular formula is C18H28N6S. The van der Waals surface area contributed by atoms with Gasteiger partial charge >= 0.3 is 0 Å². The largest absolute Gasteiger partial charge is 0.357 e. The third-order valence-electron chi connectivity index (χ3n) is 4.72. The van der Waals surface area contributed by atoms with Gasteiger partial charge in [-0.05, 0) is 26.2 Å². The Morgan fingerprint density at radius 1 is 1.48 bits per heavy atom. The van der Waals surface area contributed by atoms with Gasteiger partial charge < -0.3 is 14.8 Å². The minimum atomic E-state index is 0.446. The van der Waals surface area contributed by atoms with Crippen LogP contribution in [0.4, 0.5) is 0 Å². The smallest absolute Gasteiger partial charge is 0.193 e. The van der Waals surface area contributed by atoms with Crippen molar-refractivity contribution in [2.45, 2.75) is 39.7 Å². The summed E-state index contributed by atoms with van der Waals surface area (Å²) in [6, 6.07) is 0.446. The number of rotatable bonds is 5.